The summed E-state index contributed by atoms with van der Waals surface area (Å²) in [4.78, 5) is 5.65. The molecule has 2 heteroatoms. The van der Waals surface area contributed by atoms with Gasteiger partial charge in [0.2, 0.25) is 0 Å². The molecule has 1 aromatic carbocycles. The average molecular weight is 284 g/mol. The van der Waals surface area contributed by atoms with Gasteiger partial charge < -0.3 is 0 Å². The minimum absolute atomic E-state index is 0.440. The van der Waals surface area contributed by atoms with E-state index in [0.717, 1.165) is 6.04 Å². The van der Waals surface area contributed by atoms with Crippen LogP contribution in [0.4, 0.5) is 0 Å². The summed E-state index contributed by atoms with van der Waals surface area (Å²) in [6, 6.07) is 12.7. The number of fused-ring (bicyclic) bond motifs is 1. The third kappa shape index (κ3) is 2.43. The Hall–Kier alpha value is -0.860. The zero-order valence-electron chi connectivity index (χ0n) is 13.3. The van der Waals surface area contributed by atoms with Crippen LogP contribution in [0.3, 0.4) is 0 Å². The van der Waals surface area contributed by atoms with E-state index in [1.807, 2.05) is 0 Å². The summed E-state index contributed by atoms with van der Waals surface area (Å²) >= 11 is 0. The summed E-state index contributed by atoms with van der Waals surface area (Å²) in [5, 5.41) is 0. The molecule has 114 valence electrons. The minimum atomic E-state index is 0.440. The summed E-state index contributed by atoms with van der Waals surface area (Å²) in [7, 11) is 0. The van der Waals surface area contributed by atoms with Gasteiger partial charge in [-0.3, -0.25) is 9.80 Å². The Kier molecular flexibility index (Phi) is 3.55. The largest absolute Gasteiger partial charge is 0.297 e. The second-order valence-corrected chi connectivity index (χ2v) is 7.57. The van der Waals surface area contributed by atoms with Crippen molar-refractivity contribution < 1.29 is 0 Å². The third-order valence-corrected chi connectivity index (χ3v) is 6.25. The summed E-state index contributed by atoms with van der Waals surface area (Å²) in [5.74, 6) is 0. The lowest BCUT2D eigenvalue weighted by molar-refractivity contribution is -0.0220. The summed E-state index contributed by atoms with van der Waals surface area (Å²) in [5.41, 5.74) is 1.96. The first-order valence-electron chi connectivity index (χ1n) is 8.82. The molecule has 0 amide bonds. The highest BCUT2D eigenvalue weighted by molar-refractivity contribution is 5.22. The molecule has 0 bridgehead atoms. The van der Waals surface area contributed by atoms with Crippen LogP contribution in [0.5, 0.6) is 0 Å². The Balaban J connectivity index is 1.66. The molecule has 1 aromatic rings. The molecule has 3 aliphatic rings. The maximum atomic E-state index is 2.89. The molecule has 0 spiro atoms. The lowest BCUT2D eigenvalue weighted by atomic mass is 9.89. The van der Waals surface area contributed by atoms with Gasteiger partial charge in [0.15, 0.2) is 0 Å². The molecule has 2 saturated heterocycles. The lowest BCUT2D eigenvalue weighted by Gasteiger charge is -2.51. The van der Waals surface area contributed by atoms with Crippen molar-refractivity contribution in [1.29, 1.82) is 0 Å². The van der Waals surface area contributed by atoms with E-state index in [-0.39, 0.29) is 0 Å². The first-order chi connectivity index (χ1) is 10.3. The van der Waals surface area contributed by atoms with Crippen LogP contribution in [-0.4, -0.2) is 41.0 Å². The summed E-state index contributed by atoms with van der Waals surface area (Å²) < 4.78 is 0. The van der Waals surface area contributed by atoms with E-state index in [9.17, 15) is 0 Å². The summed E-state index contributed by atoms with van der Waals surface area (Å²) in [6.07, 6.45) is 8.43. The normalized spacial score (nSPS) is 33.2. The van der Waals surface area contributed by atoms with Gasteiger partial charge in [-0.1, -0.05) is 43.2 Å². The van der Waals surface area contributed by atoms with Crippen LogP contribution in [0.25, 0.3) is 0 Å². The van der Waals surface area contributed by atoms with Gasteiger partial charge in [0, 0.05) is 30.7 Å². The number of hydrogen-bond donors (Lipinski definition) is 0. The molecule has 0 aromatic heterocycles. The van der Waals surface area contributed by atoms with Gasteiger partial charge in [0.05, 0.1) is 0 Å². The van der Waals surface area contributed by atoms with Gasteiger partial charge in [-0.25, -0.2) is 0 Å². The standard InChI is InChI=1S/C19H28N2/c1-19(11-5-6-12-19)21-14-17-10-7-13-20(17)15-18(21)16-8-3-2-4-9-16/h2-4,8-9,17-18H,5-7,10-15H2,1H3. The lowest BCUT2D eigenvalue weighted by Crippen LogP contribution is -2.58. The van der Waals surface area contributed by atoms with Gasteiger partial charge >= 0.3 is 0 Å². The smallest absolute Gasteiger partial charge is 0.0481 e. The van der Waals surface area contributed by atoms with Crippen LogP contribution in [-0.2, 0) is 0 Å². The van der Waals surface area contributed by atoms with Gasteiger partial charge in [-0.2, -0.15) is 0 Å². The molecule has 2 aliphatic heterocycles. The van der Waals surface area contributed by atoms with E-state index in [1.165, 1.54) is 63.7 Å². The van der Waals surface area contributed by atoms with Crippen molar-refractivity contribution in [2.75, 3.05) is 19.6 Å². The third-order valence-electron chi connectivity index (χ3n) is 6.25. The minimum Gasteiger partial charge on any atom is -0.297 e. The number of benzene rings is 1. The Morgan fingerprint density at radius 1 is 1.00 bits per heavy atom. The van der Waals surface area contributed by atoms with Crippen molar-refractivity contribution in [2.24, 2.45) is 0 Å². The molecular weight excluding hydrogens is 256 g/mol. The van der Waals surface area contributed by atoms with Gasteiger partial charge in [0.25, 0.3) is 0 Å². The van der Waals surface area contributed by atoms with Crippen LogP contribution in [0.1, 0.15) is 57.1 Å². The molecule has 0 radical (unpaired) electrons. The molecule has 3 fully saturated rings. The zero-order chi connectivity index (χ0) is 14.3. The van der Waals surface area contributed by atoms with E-state index in [1.54, 1.807) is 0 Å². The van der Waals surface area contributed by atoms with E-state index in [2.05, 4.69) is 47.1 Å². The maximum Gasteiger partial charge on any atom is 0.0481 e. The molecule has 0 N–H and O–H groups in total. The van der Waals surface area contributed by atoms with Crippen LogP contribution in [0.2, 0.25) is 0 Å². The van der Waals surface area contributed by atoms with E-state index >= 15 is 0 Å². The number of piperazine rings is 1. The molecule has 4 rings (SSSR count). The van der Waals surface area contributed by atoms with E-state index in [4.69, 9.17) is 0 Å². The Bertz CT molecular complexity index is 478. The SMILES string of the molecule is CC1(N2CC3CCCN3CC2c2ccccc2)CCCC1. The van der Waals surface area contributed by atoms with Crippen molar-refractivity contribution in [3.05, 3.63) is 35.9 Å². The van der Waals surface area contributed by atoms with Gasteiger partial charge in [0.1, 0.15) is 0 Å². The highest BCUT2D eigenvalue weighted by Gasteiger charge is 2.45. The molecule has 2 nitrogen and oxygen atoms in total. The maximum absolute atomic E-state index is 2.89. The fraction of sp³-hybridized carbons (Fsp3) is 0.684. The summed E-state index contributed by atoms with van der Waals surface area (Å²) in [6.45, 7) is 6.37. The van der Waals surface area contributed by atoms with Gasteiger partial charge in [-0.15, -0.1) is 0 Å². The van der Waals surface area contributed by atoms with Crippen molar-refractivity contribution in [1.82, 2.24) is 9.80 Å². The fourth-order valence-corrected chi connectivity index (χ4v) is 5.00. The second kappa shape index (κ2) is 5.40. The van der Waals surface area contributed by atoms with E-state index < -0.39 is 0 Å². The molecule has 1 saturated carbocycles. The fourth-order valence-electron chi connectivity index (χ4n) is 5.00. The molecule has 2 heterocycles. The number of hydrogen-bond acceptors (Lipinski definition) is 2. The molecule has 1 aliphatic carbocycles. The predicted molar refractivity (Wildman–Crippen MR) is 87.4 cm³/mol. The topological polar surface area (TPSA) is 6.48 Å². The zero-order valence-corrected chi connectivity index (χ0v) is 13.3. The predicted octanol–water partition coefficient (Wildman–Crippen LogP) is 3.84. The van der Waals surface area contributed by atoms with Gasteiger partial charge in [-0.05, 0) is 44.7 Å². The van der Waals surface area contributed by atoms with Crippen molar-refractivity contribution >= 4 is 0 Å². The first-order valence-corrected chi connectivity index (χ1v) is 8.82. The Morgan fingerprint density at radius 3 is 2.52 bits per heavy atom. The monoisotopic (exact) mass is 284 g/mol. The van der Waals surface area contributed by atoms with Crippen molar-refractivity contribution in [2.45, 2.75) is 63.1 Å². The van der Waals surface area contributed by atoms with Crippen LogP contribution < -0.4 is 0 Å². The van der Waals surface area contributed by atoms with Crippen molar-refractivity contribution in [3.8, 4) is 0 Å². The quantitative estimate of drug-likeness (QED) is 0.814. The molecular formula is C19H28N2. The Morgan fingerprint density at radius 2 is 1.76 bits per heavy atom. The number of nitrogens with zero attached hydrogens (tertiary/aromatic N) is 2. The molecule has 21 heavy (non-hydrogen) atoms. The number of rotatable bonds is 2. The highest BCUT2D eigenvalue weighted by atomic mass is 15.3. The Labute approximate surface area is 129 Å². The highest BCUT2D eigenvalue weighted by Crippen LogP contribution is 2.43. The first kappa shape index (κ1) is 13.8. The van der Waals surface area contributed by atoms with Crippen LogP contribution in [0, 0.1) is 0 Å². The second-order valence-electron chi connectivity index (χ2n) is 7.57. The molecule has 2 unspecified atom stereocenters. The van der Waals surface area contributed by atoms with Crippen LogP contribution in [0.15, 0.2) is 30.3 Å². The molecule has 2 atom stereocenters. The van der Waals surface area contributed by atoms with E-state index in [0.29, 0.717) is 11.6 Å². The average Bonchev–Trinajstić information content (AvgIpc) is 3.16. The van der Waals surface area contributed by atoms with Crippen molar-refractivity contribution in [3.63, 3.8) is 0 Å². The van der Waals surface area contributed by atoms with Crippen LogP contribution >= 0.6 is 0 Å².